The Morgan fingerprint density at radius 3 is 2.55 bits per heavy atom. The molecule has 0 radical (unpaired) electrons. The molecule has 1 aromatic carbocycles. The van der Waals surface area contributed by atoms with E-state index in [0.29, 0.717) is 25.0 Å². The highest BCUT2D eigenvalue weighted by atomic mass is 35.5. The molecular formula is C23H25ClF4N6O4. The van der Waals surface area contributed by atoms with E-state index in [9.17, 15) is 27.8 Å². The molecule has 5 rings (SSSR count). The minimum Gasteiger partial charge on any atom is -0.394 e. The largest absolute Gasteiger partial charge is 0.394 e. The Bertz CT molecular complexity index is 1290. The molecule has 1 saturated heterocycles. The summed E-state index contributed by atoms with van der Waals surface area (Å²) in [6.45, 7) is -0.551. The molecule has 2 aromatic heterocycles. The fraction of sp³-hybridized carbons (Fsp3) is 0.565. The predicted molar refractivity (Wildman–Crippen MR) is 124 cm³/mol. The van der Waals surface area contributed by atoms with Crippen LogP contribution in [0.5, 0.6) is 0 Å². The molecule has 206 valence electrons. The second kappa shape index (κ2) is 10.5. The van der Waals surface area contributed by atoms with Crippen molar-refractivity contribution in [3.8, 4) is 11.3 Å². The molecule has 1 saturated carbocycles. The van der Waals surface area contributed by atoms with Gasteiger partial charge in [0.1, 0.15) is 35.6 Å². The van der Waals surface area contributed by atoms with E-state index in [1.807, 2.05) is 0 Å². The number of alkyl halides is 2. The van der Waals surface area contributed by atoms with Crippen molar-refractivity contribution in [1.82, 2.24) is 30.0 Å². The number of hydrogen-bond acceptors (Lipinski definition) is 8. The summed E-state index contributed by atoms with van der Waals surface area (Å²) >= 11 is 5.63. The van der Waals surface area contributed by atoms with Crippen LogP contribution in [0.3, 0.4) is 0 Å². The van der Waals surface area contributed by atoms with E-state index in [0.717, 1.165) is 0 Å². The van der Waals surface area contributed by atoms with Gasteiger partial charge in [-0.2, -0.15) is 0 Å². The van der Waals surface area contributed by atoms with Gasteiger partial charge in [-0.1, -0.05) is 22.0 Å². The molecule has 1 aliphatic heterocycles. The number of rotatable bonds is 8. The smallest absolute Gasteiger partial charge is 0.263 e. The van der Waals surface area contributed by atoms with Crippen molar-refractivity contribution < 1.29 is 37.2 Å². The van der Waals surface area contributed by atoms with Crippen molar-refractivity contribution in [3.05, 3.63) is 46.9 Å². The van der Waals surface area contributed by atoms with Crippen LogP contribution in [0.4, 0.5) is 17.6 Å². The molecule has 3 heterocycles. The van der Waals surface area contributed by atoms with Crippen molar-refractivity contribution in [2.75, 3.05) is 13.7 Å². The summed E-state index contributed by atoms with van der Waals surface area (Å²) in [7, 11) is 1.38. The third-order valence-corrected chi connectivity index (χ3v) is 7.69. The first-order valence-electron chi connectivity index (χ1n) is 11.9. The van der Waals surface area contributed by atoms with Gasteiger partial charge >= 0.3 is 0 Å². The average molecular weight is 561 g/mol. The van der Waals surface area contributed by atoms with E-state index < -0.39 is 60.7 Å². The Labute approximate surface area is 219 Å². The molecule has 1 aliphatic carbocycles. The number of methoxy groups -OCH3 is 1. The van der Waals surface area contributed by atoms with Gasteiger partial charge in [-0.25, -0.2) is 26.9 Å². The van der Waals surface area contributed by atoms with Crippen LogP contribution in [0, 0.1) is 11.6 Å². The zero-order chi connectivity index (χ0) is 27.2. The molecule has 2 aliphatic rings. The molecule has 10 nitrogen and oxygen atoms in total. The first kappa shape index (κ1) is 26.9. The number of benzene rings is 1. The third-order valence-electron chi connectivity index (χ3n) is 7.40. The van der Waals surface area contributed by atoms with E-state index in [1.54, 1.807) is 0 Å². The molecule has 2 fully saturated rings. The van der Waals surface area contributed by atoms with E-state index in [2.05, 4.69) is 20.6 Å². The summed E-state index contributed by atoms with van der Waals surface area (Å²) in [5, 5.41) is 36.3. The number of halogens is 5. The highest BCUT2D eigenvalue weighted by molar-refractivity contribution is 6.30. The van der Waals surface area contributed by atoms with E-state index in [-0.39, 0.29) is 22.7 Å². The van der Waals surface area contributed by atoms with Gasteiger partial charge in [-0.3, -0.25) is 0 Å². The van der Waals surface area contributed by atoms with Crippen LogP contribution in [0.1, 0.15) is 31.0 Å². The summed E-state index contributed by atoms with van der Waals surface area (Å²) in [6, 6.07) is 1.47. The molecule has 15 heteroatoms. The van der Waals surface area contributed by atoms with Gasteiger partial charge in [0.2, 0.25) is 0 Å². The minimum atomic E-state index is -2.60. The molecule has 0 spiro atoms. The van der Waals surface area contributed by atoms with E-state index >= 15 is 0 Å². The average Bonchev–Trinajstić information content (AvgIpc) is 3.52. The Morgan fingerprint density at radius 2 is 1.92 bits per heavy atom. The molecule has 0 bridgehead atoms. The van der Waals surface area contributed by atoms with Gasteiger partial charge in [0.15, 0.2) is 11.6 Å². The van der Waals surface area contributed by atoms with Crippen molar-refractivity contribution >= 4 is 11.6 Å². The molecule has 38 heavy (non-hydrogen) atoms. The number of aromatic nitrogens is 6. The molecular weight excluding hydrogens is 536 g/mol. The fourth-order valence-electron chi connectivity index (χ4n) is 5.10. The van der Waals surface area contributed by atoms with Crippen molar-refractivity contribution in [2.24, 2.45) is 0 Å². The number of aliphatic hydroxyl groups is 2. The normalized spacial score (nSPS) is 27.0. The molecule has 5 atom stereocenters. The van der Waals surface area contributed by atoms with Gasteiger partial charge in [0.05, 0.1) is 29.6 Å². The molecule has 2 N–H and O–H groups in total. The van der Waals surface area contributed by atoms with Crippen LogP contribution < -0.4 is 0 Å². The SMILES string of the molecule is CO[C@@H]1[C@@H](n2cc(-c3ccc(Cl)c(F)c3F)nn2)[C@@H](O)[C@@H](CO)O[C@@H]1Cc1cn(C2(C(F)F)CCC2)nn1. The molecule has 3 aromatic rings. The van der Waals surface area contributed by atoms with Crippen LogP contribution in [-0.2, 0) is 21.4 Å². The van der Waals surface area contributed by atoms with Gasteiger partial charge in [-0.05, 0) is 31.4 Å². The van der Waals surface area contributed by atoms with Gasteiger partial charge in [0, 0.05) is 25.3 Å². The zero-order valence-electron chi connectivity index (χ0n) is 20.1. The summed E-state index contributed by atoms with van der Waals surface area (Å²) in [5.74, 6) is -2.44. The van der Waals surface area contributed by atoms with Gasteiger partial charge in [-0.15, -0.1) is 10.2 Å². The maximum absolute atomic E-state index is 14.5. The summed E-state index contributed by atoms with van der Waals surface area (Å²) in [4.78, 5) is 0. The summed E-state index contributed by atoms with van der Waals surface area (Å²) < 4.78 is 69.9. The Kier molecular flexibility index (Phi) is 7.44. The second-order valence-electron chi connectivity index (χ2n) is 9.50. The standard InChI is InChI=1S/C23H25ClF4N6O4/c1-37-21-15(7-11-8-34(32-29-11)23(22(27)28)5-2-6-23)38-16(10-35)20(36)19(21)33-9-14(30-31-33)12-3-4-13(24)18(26)17(12)25/h3-4,8-9,15-16,19-22,35-36H,2,5-7,10H2,1H3/t15-,16-,19+,20+,21+/m1/s1. The summed E-state index contributed by atoms with van der Waals surface area (Å²) in [6.07, 6.45) is -2.60. The van der Waals surface area contributed by atoms with E-state index in [4.69, 9.17) is 21.1 Å². The summed E-state index contributed by atoms with van der Waals surface area (Å²) in [5.41, 5.74) is -1.23. The van der Waals surface area contributed by atoms with E-state index in [1.165, 1.54) is 41.0 Å². The molecule has 0 amide bonds. The fourth-order valence-corrected chi connectivity index (χ4v) is 5.25. The lowest BCUT2D eigenvalue weighted by molar-refractivity contribution is -0.212. The number of ether oxygens (including phenoxy) is 2. The van der Waals surface area contributed by atoms with Crippen LogP contribution in [-0.4, -0.2) is 84.8 Å². The molecule has 0 unspecified atom stereocenters. The van der Waals surface area contributed by atoms with Crippen LogP contribution >= 0.6 is 11.6 Å². The predicted octanol–water partition coefficient (Wildman–Crippen LogP) is 2.53. The van der Waals surface area contributed by atoms with Crippen molar-refractivity contribution in [1.29, 1.82) is 0 Å². The highest BCUT2D eigenvalue weighted by Gasteiger charge is 2.50. The Morgan fingerprint density at radius 1 is 1.16 bits per heavy atom. The van der Waals surface area contributed by atoms with Crippen molar-refractivity contribution in [3.63, 3.8) is 0 Å². The first-order valence-corrected chi connectivity index (χ1v) is 12.3. The zero-order valence-corrected chi connectivity index (χ0v) is 20.8. The van der Waals surface area contributed by atoms with Crippen molar-refractivity contribution in [2.45, 2.75) is 68.1 Å². The first-order chi connectivity index (χ1) is 18.2. The maximum atomic E-state index is 14.5. The minimum absolute atomic E-state index is 0.0237. The second-order valence-corrected chi connectivity index (χ2v) is 9.91. The quantitative estimate of drug-likeness (QED) is 0.319. The van der Waals surface area contributed by atoms with Crippen LogP contribution in [0.15, 0.2) is 24.5 Å². The lowest BCUT2D eigenvalue weighted by atomic mass is 9.77. The van der Waals surface area contributed by atoms with Crippen LogP contribution in [0.25, 0.3) is 11.3 Å². The third kappa shape index (κ3) is 4.47. The van der Waals surface area contributed by atoms with Gasteiger partial charge in [0.25, 0.3) is 6.43 Å². The highest BCUT2D eigenvalue weighted by Crippen LogP contribution is 2.43. The Balaban J connectivity index is 1.43. The topological polar surface area (TPSA) is 120 Å². The lowest BCUT2D eigenvalue weighted by Gasteiger charge is -2.43. The maximum Gasteiger partial charge on any atom is 0.263 e. The number of nitrogens with zero attached hydrogens (tertiary/aromatic N) is 6. The number of aliphatic hydroxyl groups excluding tert-OH is 2. The lowest BCUT2D eigenvalue weighted by Crippen LogP contribution is -2.57. The monoisotopic (exact) mass is 560 g/mol. The van der Waals surface area contributed by atoms with Gasteiger partial charge < -0.3 is 19.7 Å². The number of hydrogen-bond donors (Lipinski definition) is 2. The van der Waals surface area contributed by atoms with Crippen LogP contribution in [0.2, 0.25) is 5.02 Å². The Hall–Kier alpha value is -2.65.